The SMILES string of the molecule is CC(=O)C(C)CSO. The Bertz CT molecular complexity index is 82.5. The molecule has 2 nitrogen and oxygen atoms in total. The molecule has 0 aromatic heterocycles. The van der Waals surface area contributed by atoms with Crippen LogP contribution in [0.15, 0.2) is 0 Å². The van der Waals surface area contributed by atoms with Crippen molar-refractivity contribution in [1.29, 1.82) is 0 Å². The molecule has 0 aromatic rings. The van der Waals surface area contributed by atoms with E-state index in [-0.39, 0.29) is 11.7 Å². The predicted molar refractivity (Wildman–Crippen MR) is 34.9 cm³/mol. The van der Waals surface area contributed by atoms with E-state index in [1.165, 1.54) is 6.92 Å². The second-order valence-corrected chi connectivity index (χ2v) is 2.40. The Morgan fingerprint density at radius 1 is 1.88 bits per heavy atom. The number of hydrogen-bond donors (Lipinski definition) is 1. The maximum Gasteiger partial charge on any atom is 0.133 e. The molecule has 0 aliphatic heterocycles. The van der Waals surface area contributed by atoms with Crippen molar-refractivity contribution in [3.8, 4) is 0 Å². The van der Waals surface area contributed by atoms with Gasteiger partial charge < -0.3 is 4.55 Å². The van der Waals surface area contributed by atoms with Crippen LogP contribution in [0, 0.1) is 5.92 Å². The standard InChI is InChI=1S/C5H10O2S/c1-4(3-8-7)5(2)6/h4,7H,3H2,1-2H3. The highest BCUT2D eigenvalue weighted by molar-refractivity contribution is 7.93. The number of carbonyl (C=O) groups excluding carboxylic acids is 1. The van der Waals surface area contributed by atoms with Gasteiger partial charge in [0.15, 0.2) is 0 Å². The average molecular weight is 134 g/mol. The third-order valence-electron chi connectivity index (χ3n) is 1.02. The summed E-state index contributed by atoms with van der Waals surface area (Å²) in [7, 11) is 0. The molecule has 0 amide bonds. The Morgan fingerprint density at radius 2 is 2.38 bits per heavy atom. The fourth-order valence-electron chi connectivity index (χ4n) is 0.229. The van der Waals surface area contributed by atoms with E-state index in [1.54, 1.807) is 6.92 Å². The summed E-state index contributed by atoms with van der Waals surface area (Å²) in [5.41, 5.74) is 0. The van der Waals surface area contributed by atoms with Gasteiger partial charge in [0.2, 0.25) is 0 Å². The van der Waals surface area contributed by atoms with E-state index in [9.17, 15) is 4.79 Å². The third-order valence-corrected chi connectivity index (χ3v) is 1.67. The van der Waals surface area contributed by atoms with E-state index in [4.69, 9.17) is 4.55 Å². The van der Waals surface area contributed by atoms with Gasteiger partial charge in [-0.3, -0.25) is 4.79 Å². The zero-order valence-electron chi connectivity index (χ0n) is 5.05. The second kappa shape index (κ2) is 3.92. The van der Waals surface area contributed by atoms with E-state index in [0.29, 0.717) is 5.75 Å². The molecule has 0 saturated carbocycles. The van der Waals surface area contributed by atoms with Gasteiger partial charge in [-0.25, -0.2) is 0 Å². The molecule has 0 aromatic carbocycles. The van der Waals surface area contributed by atoms with Crippen molar-refractivity contribution in [3.05, 3.63) is 0 Å². The Labute approximate surface area is 53.5 Å². The van der Waals surface area contributed by atoms with Crippen LogP contribution in [-0.2, 0) is 4.79 Å². The van der Waals surface area contributed by atoms with Crippen LogP contribution in [0.1, 0.15) is 13.8 Å². The Balaban J connectivity index is 3.32. The molecule has 0 radical (unpaired) electrons. The molecule has 0 aliphatic rings. The van der Waals surface area contributed by atoms with E-state index in [0.717, 1.165) is 12.0 Å². The zero-order chi connectivity index (χ0) is 6.57. The van der Waals surface area contributed by atoms with Gasteiger partial charge in [0.05, 0.1) is 0 Å². The molecule has 1 N–H and O–H groups in total. The molecular formula is C5H10O2S. The Morgan fingerprint density at radius 3 is 2.50 bits per heavy atom. The van der Waals surface area contributed by atoms with Crippen molar-refractivity contribution in [2.45, 2.75) is 13.8 Å². The monoisotopic (exact) mass is 134 g/mol. The lowest BCUT2D eigenvalue weighted by Crippen LogP contribution is -2.08. The van der Waals surface area contributed by atoms with E-state index in [1.807, 2.05) is 0 Å². The number of ketones is 1. The molecule has 0 rings (SSSR count). The molecule has 0 aliphatic carbocycles. The largest absolute Gasteiger partial charge is 0.330 e. The first-order valence-electron chi connectivity index (χ1n) is 2.45. The van der Waals surface area contributed by atoms with E-state index >= 15 is 0 Å². The van der Waals surface area contributed by atoms with Crippen LogP contribution >= 0.6 is 12.0 Å². The minimum absolute atomic E-state index is 0.00926. The van der Waals surface area contributed by atoms with Gasteiger partial charge >= 0.3 is 0 Å². The smallest absolute Gasteiger partial charge is 0.133 e. The minimum Gasteiger partial charge on any atom is -0.330 e. The van der Waals surface area contributed by atoms with Gasteiger partial charge in [-0.2, -0.15) is 0 Å². The lowest BCUT2D eigenvalue weighted by atomic mass is 10.1. The van der Waals surface area contributed by atoms with Gasteiger partial charge in [0.25, 0.3) is 0 Å². The first kappa shape index (κ1) is 7.98. The zero-order valence-corrected chi connectivity index (χ0v) is 5.86. The van der Waals surface area contributed by atoms with E-state index < -0.39 is 0 Å². The topological polar surface area (TPSA) is 37.3 Å². The highest BCUT2D eigenvalue weighted by Gasteiger charge is 2.05. The Kier molecular flexibility index (Phi) is 3.91. The summed E-state index contributed by atoms with van der Waals surface area (Å²) >= 11 is 0.717. The van der Waals surface area contributed by atoms with Crippen LogP contribution in [0.3, 0.4) is 0 Å². The molecule has 0 heterocycles. The third kappa shape index (κ3) is 3.04. The van der Waals surface area contributed by atoms with Crippen molar-refractivity contribution in [3.63, 3.8) is 0 Å². The molecule has 8 heavy (non-hydrogen) atoms. The van der Waals surface area contributed by atoms with Crippen molar-refractivity contribution in [1.82, 2.24) is 0 Å². The minimum atomic E-state index is -0.00926. The predicted octanol–water partition coefficient (Wildman–Crippen LogP) is 1.42. The van der Waals surface area contributed by atoms with Crippen LogP contribution in [0.25, 0.3) is 0 Å². The number of rotatable bonds is 3. The van der Waals surface area contributed by atoms with Crippen molar-refractivity contribution in [2.24, 2.45) is 5.92 Å². The molecule has 1 unspecified atom stereocenters. The maximum atomic E-state index is 10.4. The van der Waals surface area contributed by atoms with Crippen LogP contribution in [0.2, 0.25) is 0 Å². The van der Waals surface area contributed by atoms with Crippen LogP contribution < -0.4 is 0 Å². The average Bonchev–Trinajstić information content (AvgIpc) is 1.67. The van der Waals surface area contributed by atoms with Gasteiger partial charge in [-0.1, -0.05) is 6.92 Å². The quantitative estimate of drug-likeness (QED) is 0.593. The molecule has 0 bridgehead atoms. The molecular weight excluding hydrogens is 124 g/mol. The second-order valence-electron chi connectivity index (χ2n) is 1.81. The fraction of sp³-hybridized carbons (Fsp3) is 0.800. The van der Waals surface area contributed by atoms with Crippen LogP contribution in [0.4, 0.5) is 0 Å². The first-order valence-corrected chi connectivity index (χ1v) is 3.39. The first-order chi connectivity index (χ1) is 3.68. The van der Waals surface area contributed by atoms with Gasteiger partial charge in [-0.15, -0.1) is 0 Å². The number of Topliss-reactive ketones (excluding diaryl/α,β-unsaturated/α-hetero) is 1. The van der Waals surface area contributed by atoms with Crippen LogP contribution in [0.5, 0.6) is 0 Å². The summed E-state index contributed by atoms with van der Waals surface area (Å²) in [5.74, 6) is 0.631. The van der Waals surface area contributed by atoms with Crippen molar-refractivity contribution >= 4 is 17.8 Å². The molecule has 3 heteroatoms. The molecule has 0 saturated heterocycles. The fourth-order valence-corrected chi connectivity index (χ4v) is 0.687. The number of hydrogen-bond acceptors (Lipinski definition) is 3. The number of carbonyl (C=O) groups is 1. The van der Waals surface area contributed by atoms with E-state index in [2.05, 4.69) is 0 Å². The summed E-state index contributed by atoms with van der Waals surface area (Å²) in [6, 6.07) is 0. The highest BCUT2D eigenvalue weighted by atomic mass is 32.2. The molecule has 0 spiro atoms. The molecule has 1 atom stereocenters. The van der Waals surface area contributed by atoms with Crippen molar-refractivity contribution in [2.75, 3.05) is 5.75 Å². The summed E-state index contributed by atoms with van der Waals surface area (Å²) in [6.45, 7) is 3.33. The normalized spacial score (nSPS) is 13.4. The van der Waals surface area contributed by atoms with Gasteiger partial charge in [0, 0.05) is 11.7 Å². The Hall–Kier alpha value is -0.0200. The lowest BCUT2D eigenvalue weighted by molar-refractivity contribution is -0.119. The summed E-state index contributed by atoms with van der Waals surface area (Å²) in [5, 5.41) is 0. The molecule has 48 valence electrons. The summed E-state index contributed by atoms with van der Waals surface area (Å²) in [6.07, 6.45) is 0. The summed E-state index contributed by atoms with van der Waals surface area (Å²) < 4.78 is 8.25. The maximum absolute atomic E-state index is 10.4. The van der Waals surface area contributed by atoms with Gasteiger partial charge in [0.1, 0.15) is 5.78 Å². The lowest BCUT2D eigenvalue weighted by Gasteiger charge is -2.00. The van der Waals surface area contributed by atoms with Crippen LogP contribution in [-0.4, -0.2) is 16.1 Å². The summed E-state index contributed by atoms with van der Waals surface area (Å²) in [4.78, 5) is 10.4. The van der Waals surface area contributed by atoms with Gasteiger partial charge in [-0.05, 0) is 19.0 Å². The molecule has 0 fully saturated rings. The van der Waals surface area contributed by atoms with Crippen molar-refractivity contribution < 1.29 is 9.35 Å². The highest BCUT2D eigenvalue weighted by Crippen LogP contribution is 2.03.